The molecule has 1 N–H and O–H groups in total. The minimum Gasteiger partial charge on any atom is -0.355 e. The maximum atomic E-state index is 13.2. The quantitative estimate of drug-likeness (QED) is 0.756. The minimum atomic E-state index is -0.316. The summed E-state index contributed by atoms with van der Waals surface area (Å²) in [5, 5.41) is 0. The second-order valence-corrected chi connectivity index (χ2v) is 7.25. The molecule has 5 heteroatoms. The Labute approximate surface area is 153 Å². The normalized spacial score (nSPS) is 15.3. The number of aromatic nitrogens is 1. The van der Waals surface area contributed by atoms with Gasteiger partial charge in [0.2, 0.25) is 0 Å². The van der Waals surface area contributed by atoms with Gasteiger partial charge in [-0.1, -0.05) is 12.1 Å². The number of rotatable bonds is 7. The highest BCUT2D eigenvalue weighted by Gasteiger charge is 2.36. The second-order valence-electron chi connectivity index (χ2n) is 7.25. The summed E-state index contributed by atoms with van der Waals surface area (Å²) in [6.07, 6.45) is 2.14. The number of carbonyl (C=O) groups excluding carboxylic acids is 2. The van der Waals surface area contributed by atoms with Gasteiger partial charge in [-0.3, -0.25) is 14.5 Å². The molecule has 1 atom stereocenters. The zero-order valence-corrected chi connectivity index (χ0v) is 15.7. The number of nitrogens with one attached hydrogen (secondary N) is 1. The van der Waals surface area contributed by atoms with Gasteiger partial charge in [-0.2, -0.15) is 0 Å². The zero-order valence-electron chi connectivity index (χ0n) is 15.7. The number of nitrogens with zero attached hydrogens (tertiary/aromatic N) is 1. The van der Waals surface area contributed by atoms with E-state index in [1.807, 2.05) is 20.8 Å². The van der Waals surface area contributed by atoms with Crippen molar-refractivity contribution in [3.8, 4) is 0 Å². The van der Waals surface area contributed by atoms with Crippen molar-refractivity contribution < 1.29 is 14.0 Å². The topological polar surface area (TPSA) is 53.2 Å². The van der Waals surface area contributed by atoms with Gasteiger partial charge in [-0.05, 0) is 63.8 Å². The fraction of sp³-hybridized carbons (Fsp3) is 0.429. The molecule has 3 rings (SSSR count). The maximum Gasteiger partial charge on any atom is 0.196 e. The van der Waals surface area contributed by atoms with Gasteiger partial charge in [-0.15, -0.1) is 0 Å². The number of Topliss-reactive ketones (excluding diaryl/α,β-unsaturated/α-hetero) is 2. The van der Waals surface area contributed by atoms with Crippen molar-refractivity contribution in [1.29, 1.82) is 0 Å². The second kappa shape index (κ2) is 7.16. The molecule has 138 valence electrons. The van der Waals surface area contributed by atoms with Crippen molar-refractivity contribution in [1.82, 2.24) is 9.88 Å². The highest BCUT2D eigenvalue weighted by Crippen LogP contribution is 2.32. The number of ketones is 2. The molecule has 0 unspecified atom stereocenters. The summed E-state index contributed by atoms with van der Waals surface area (Å²) in [4.78, 5) is 30.3. The summed E-state index contributed by atoms with van der Waals surface area (Å²) in [6.45, 7) is 7.68. The van der Waals surface area contributed by atoms with Crippen LogP contribution in [-0.2, 0) is 6.54 Å². The van der Waals surface area contributed by atoms with Crippen LogP contribution in [0.5, 0.6) is 0 Å². The van der Waals surface area contributed by atoms with Crippen LogP contribution in [0.3, 0.4) is 0 Å². The lowest BCUT2D eigenvalue weighted by molar-refractivity contribution is 0.0809. The van der Waals surface area contributed by atoms with Crippen LogP contribution in [0.2, 0.25) is 0 Å². The predicted molar refractivity (Wildman–Crippen MR) is 99.0 cm³/mol. The van der Waals surface area contributed by atoms with E-state index in [2.05, 4.69) is 9.88 Å². The van der Waals surface area contributed by atoms with E-state index in [4.69, 9.17) is 0 Å². The molecule has 0 radical (unpaired) electrons. The molecule has 1 aromatic heterocycles. The fourth-order valence-corrected chi connectivity index (χ4v) is 3.67. The molecule has 4 nitrogen and oxygen atoms in total. The number of hydrogen-bond donors (Lipinski definition) is 1. The summed E-state index contributed by atoms with van der Waals surface area (Å²) in [5.41, 5.74) is 3.58. The third-order valence-corrected chi connectivity index (χ3v) is 5.21. The van der Waals surface area contributed by atoms with Gasteiger partial charge < -0.3 is 4.98 Å². The third kappa shape index (κ3) is 3.63. The van der Waals surface area contributed by atoms with E-state index in [0.29, 0.717) is 23.8 Å². The fourth-order valence-electron chi connectivity index (χ4n) is 3.67. The Morgan fingerprint density at radius 3 is 2.35 bits per heavy atom. The van der Waals surface area contributed by atoms with E-state index in [-0.39, 0.29) is 23.4 Å². The van der Waals surface area contributed by atoms with Gasteiger partial charge in [0.1, 0.15) is 5.82 Å². The Hall–Kier alpha value is -2.27. The zero-order chi connectivity index (χ0) is 19.0. The van der Waals surface area contributed by atoms with E-state index in [1.165, 1.54) is 19.1 Å². The van der Waals surface area contributed by atoms with Crippen LogP contribution < -0.4 is 0 Å². The van der Waals surface area contributed by atoms with E-state index < -0.39 is 0 Å². The molecule has 0 amide bonds. The number of H-pyrrole nitrogens is 1. The molecule has 1 aliphatic carbocycles. The minimum absolute atomic E-state index is 0.00730. The van der Waals surface area contributed by atoms with Crippen LogP contribution in [0.4, 0.5) is 4.39 Å². The van der Waals surface area contributed by atoms with E-state index in [1.54, 1.807) is 12.1 Å². The first-order valence-electron chi connectivity index (χ1n) is 9.04. The summed E-state index contributed by atoms with van der Waals surface area (Å²) in [7, 11) is 0. The van der Waals surface area contributed by atoms with Crippen molar-refractivity contribution in [2.45, 2.75) is 59.2 Å². The number of halogens is 1. The number of carbonyl (C=O) groups is 2. The summed E-state index contributed by atoms with van der Waals surface area (Å²) in [5.74, 6) is -0.300. The van der Waals surface area contributed by atoms with Crippen molar-refractivity contribution in [3.63, 3.8) is 0 Å². The third-order valence-electron chi connectivity index (χ3n) is 5.21. The molecule has 1 saturated carbocycles. The number of aromatic amines is 1. The summed E-state index contributed by atoms with van der Waals surface area (Å²) >= 11 is 0. The Morgan fingerprint density at radius 1 is 1.23 bits per heavy atom. The van der Waals surface area contributed by atoms with Gasteiger partial charge in [0.15, 0.2) is 11.6 Å². The van der Waals surface area contributed by atoms with E-state index >= 15 is 0 Å². The lowest BCUT2D eigenvalue weighted by Gasteiger charge is -2.28. The average molecular weight is 356 g/mol. The molecule has 1 aliphatic rings. The van der Waals surface area contributed by atoms with Crippen molar-refractivity contribution >= 4 is 11.6 Å². The molecule has 26 heavy (non-hydrogen) atoms. The molecule has 1 fully saturated rings. The van der Waals surface area contributed by atoms with Crippen LogP contribution in [0, 0.1) is 19.7 Å². The van der Waals surface area contributed by atoms with Crippen LogP contribution in [0.25, 0.3) is 0 Å². The predicted octanol–water partition coefficient (Wildman–Crippen LogP) is 4.21. The van der Waals surface area contributed by atoms with Crippen molar-refractivity contribution in [3.05, 3.63) is 58.2 Å². The van der Waals surface area contributed by atoms with Gasteiger partial charge in [-0.25, -0.2) is 4.39 Å². The molecule has 0 spiro atoms. The molecule has 0 aliphatic heterocycles. The lowest BCUT2D eigenvalue weighted by atomic mass is 10.0. The van der Waals surface area contributed by atoms with Crippen LogP contribution >= 0.6 is 0 Å². The first kappa shape index (κ1) is 18.5. The number of benzene rings is 1. The van der Waals surface area contributed by atoms with Crippen LogP contribution in [0.15, 0.2) is 24.3 Å². The van der Waals surface area contributed by atoms with Crippen LogP contribution in [-0.4, -0.2) is 33.5 Å². The SMILES string of the molecule is CC(=O)c1c(C)[nH]c(C(=O)[C@@H](C)N(Cc2ccc(F)cc2)C2CC2)c1C. The Balaban J connectivity index is 1.84. The standard InChI is InChI=1S/C21H25FN2O2/c1-12-19(15(4)25)13(2)23-20(12)21(26)14(3)24(18-9-10-18)11-16-5-7-17(22)8-6-16/h5-8,14,18,23H,9-11H2,1-4H3/t14-/m1/s1. The summed E-state index contributed by atoms with van der Waals surface area (Å²) < 4.78 is 13.2. The Bertz CT molecular complexity index is 834. The van der Waals surface area contributed by atoms with Gasteiger partial charge in [0.25, 0.3) is 0 Å². The molecule has 1 heterocycles. The Morgan fingerprint density at radius 2 is 1.85 bits per heavy atom. The smallest absolute Gasteiger partial charge is 0.196 e. The Kier molecular flexibility index (Phi) is 5.10. The highest BCUT2D eigenvalue weighted by molar-refractivity contribution is 6.05. The first-order valence-corrected chi connectivity index (χ1v) is 9.04. The number of hydrogen-bond acceptors (Lipinski definition) is 3. The highest BCUT2D eigenvalue weighted by atomic mass is 19.1. The largest absolute Gasteiger partial charge is 0.355 e. The van der Waals surface area contributed by atoms with Gasteiger partial charge in [0, 0.05) is 23.8 Å². The number of aryl methyl sites for hydroxylation is 1. The summed E-state index contributed by atoms with van der Waals surface area (Å²) in [6, 6.07) is 6.49. The average Bonchev–Trinajstić information content (AvgIpc) is 3.38. The molecule has 0 saturated heterocycles. The van der Waals surface area contributed by atoms with Gasteiger partial charge >= 0.3 is 0 Å². The first-order chi connectivity index (χ1) is 12.3. The molecular weight excluding hydrogens is 331 g/mol. The molecule has 2 aromatic rings. The molecule has 0 bridgehead atoms. The van der Waals surface area contributed by atoms with Crippen molar-refractivity contribution in [2.24, 2.45) is 0 Å². The van der Waals surface area contributed by atoms with E-state index in [0.717, 1.165) is 29.7 Å². The van der Waals surface area contributed by atoms with Crippen molar-refractivity contribution in [2.75, 3.05) is 0 Å². The monoisotopic (exact) mass is 356 g/mol. The van der Waals surface area contributed by atoms with E-state index in [9.17, 15) is 14.0 Å². The van der Waals surface area contributed by atoms with Gasteiger partial charge in [0.05, 0.1) is 11.7 Å². The van der Waals surface area contributed by atoms with Crippen LogP contribution in [0.1, 0.15) is 64.4 Å². The maximum absolute atomic E-state index is 13.2. The lowest BCUT2D eigenvalue weighted by Crippen LogP contribution is -2.40. The molecule has 1 aromatic carbocycles. The molecular formula is C21H25FN2O2.